The van der Waals surface area contributed by atoms with Gasteiger partial charge in [0.25, 0.3) is 0 Å². The van der Waals surface area contributed by atoms with Crippen LogP contribution in [0.3, 0.4) is 0 Å². The maximum Gasteiger partial charge on any atom is 0.170 e. The van der Waals surface area contributed by atoms with Gasteiger partial charge in [-0.05, 0) is 6.07 Å². The highest BCUT2D eigenvalue weighted by Gasteiger charge is 2.07. The zero-order valence-electron chi connectivity index (χ0n) is 8.13. The summed E-state index contributed by atoms with van der Waals surface area (Å²) >= 11 is 0. The number of carbonyl (C=O) groups is 1. The Morgan fingerprint density at radius 2 is 1.67 bits per heavy atom. The molecule has 0 radical (unpaired) electrons. The smallest absolute Gasteiger partial charge is 0.170 e. The molecule has 2 aromatic rings. The molecule has 0 aliphatic heterocycles. The summed E-state index contributed by atoms with van der Waals surface area (Å²) in [6, 6.07) is 10.9. The van der Waals surface area contributed by atoms with Gasteiger partial charge >= 0.3 is 0 Å². The molecule has 2 rings (SSSR count). The molecule has 0 saturated heterocycles. The van der Waals surface area contributed by atoms with E-state index in [1.165, 1.54) is 0 Å². The van der Waals surface area contributed by atoms with Crippen molar-refractivity contribution in [3.63, 3.8) is 0 Å². The normalized spacial score (nSPS) is 9.87. The molecule has 0 aliphatic rings. The molecule has 0 spiro atoms. The summed E-state index contributed by atoms with van der Waals surface area (Å²) in [5.74, 6) is 0.605. The Morgan fingerprint density at radius 3 is 2.33 bits per heavy atom. The largest absolute Gasteiger partial charge is 0.294 e. The number of carbonyl (C=O) groups excluding carboxylic acids is 1. The second-order valence-corrected chi connectivity index (χ2v) is 3.13. The van der Waals surface area contributed by atoms with Gasteiger partial charge in [0.1, 0.15) is 5.82 Å². The second kappa shape index (κ2) is 4.46. The van der Waals surface area contributed by atoms with E-state index >= 15 is 0 Å². The molecule has 1 aromatic heterocycles. The lowest BCUT2D eigenvalue weighted by molar-refractivity contribution is 0.0991. The molecule has 0 atom stereocenters. The summed E-state index contributed by atoms with van der Waals surface area (Å²) in [4.78, 5) is 19.8. The van der Waals surface area contributed by atoms with Crippen LogP contribution in [0, 0.1) is 0 Å². The second-order valence-electron chi connectivity index (χ2n) is 3.13. The van der Waals surface area contributed by atoms with Crippen molar-refractivity contribution in [1.29, 1.82) is 0 Å². The quantitative estimate of drug-likeness (QED) is 0.707. The number of benzene rings is 1. The molecule has 3 heteroatoms. The summed E-state index contributed by atoms with van der Waals surface area (Å²) in [7, 11) is 0. The standard InChI is InChI=1S/C12H10N2O/c15-11(10-5-2-1-3-6-10)9-12-13-7-4-8-14-12/h1-8H,9H2. The lowest BCUT2D eigenvalue weighted by Crippen LogP contribution is -2.06. The van der Waals surface area contributed by atoms with Crippen molar-refractivity contribution < 1.29 is 4.79 Å². The molecule has 0 amide bonds. The van der Waals surface area contributed by atoms with Gasteiger partial charge in [-0.2, -0.15) is 0 Å². The zero-order chi connectivity index (χ0) is 10.5. The van der Waals surface area contributed by atoms with Crippen molar-refractivity contribution in [2.75, 3.05) is 0 Å². The SMILES string of the molecule is O=C(Cc1ncccn1)c1ccccc1. The van der Waals surface area contributed by atoms with E-state index in [1.807, 2.05) is 18.2 Å². The van der Waals surface area contributed by atoms with Crippen molar-refractivity contribution in [2.24, 2.45) is 0 Å². The van der Waals surface area contributed by atoms with Gasteiger partial charge in [0.05, 0.1) is 6.42 Å². The molecule has 74 valence electrons. The van der Waals surface area contributed by atoms with Crippen LogP contribution in [-0.4, -0.2) is 15.8 Å². The fourth-order valence-electron chi connectivity index (χ4n) is 1.29. The van der Waals surface area contributed by atoms with Gasteiger partial charge in [-0.1, -0.05) is 30.3 Å². The van der Waals surface area contributed by atoms with Gasteiger partial charge in [0.15, 0.2) is 5.78 Å². The molecule has 15 heavy (non-hydrogen) atoms. The third-order valence-corrected chi connectivity index (χ3v) is 2.03. The van der Waals surface area contributed by atoms with Crippen LogP contribution >= 0.6 is 0 Å². The summed E-state index contributed by atoms with van der Waals surface area (Å²) in [5.41, 5.74) is 0.699. The molecular formula is C12H10N2O. The summed E-state index contributed by atoms with van der Waals surface area (Å²) < 4.78 is 0. The van der Waals surface area contributed by atoms with Crippen molar-refractivity contribution in [3.8, 4) is 0 Å². The van der Waals surface area contributed by atoms with Gasteiger partial charge in [0, 0.05) is 18.0 Å². The van der Waals surface area contributed by atoms with Gasteiger partial charge in [-0.15, -0.1) is 0 Å². The minimum Gasteiger partial charge on any atom is -0.294 e. The van der Waals surface area contributed by atoms with Crippen molar-refractivity contribution in [3.05, 3.63) is 60.2 Å². The Labute approximate surface area is 87.8 Å². The Balaban J connectivity index is 2.12. The van der Waals surface area contributed by atoms with Crippen LogP contribution < -0.4 is 0 Å². The van der Waals surface area contributed by atoms with Gasteiger partial charge in [-0.3, -0.25) is 4.79 Å². The van der Waals surface area contributed by atoms with Gasteiger partial charge in [0.2, 0.25) is 0 Å². The Hall–Kier alpha value is -2.03. The first-order chi connectivity index (χ1) is 7.36. The van der Waals surface area contributed by atoms with Crippen molar-refractivity contribution >= 4 is 5.78 Å². The lowest BCUT2D eigenvalue weighted by Gasteiger charge is -1.98. The average Bonchev–Trinajstić information content (AvgIpc) is 2.31. The molecule has 0 fully saturated rings. The molecule has 3 nitrogen and oxygen atoms in total. The Bertz CT molecular complexity index is 440. The average molecular weight is 198 g/mol. The zero-order valence-corrected chi connectivity index (χ0v) is 8.13. The first-order valence-electron chi connectivity index (χ1n) is 4.70. The highest BCUT2D eigenvalue weighted by Crippen LogP contribution is 2.03. The number of hydrogen-bond acceptors (Lipinski definition) is 3. The molecule has 1 aromatic carbocycles. The molecule has 1 heterocycles. The first-order valence-corrected chi connectivity index (χ1v) is 4.70. The fraction of sp³-hybridized carbons (Fsp3) is 0.0833. The summed E-state index contributed by atoms with van der Waals surface area (Å²) in [5, 5.41) is 0. The van der Waals surface area contributed by atoms with Crippen LogP contribution in [-0.2, 0) is 6.42 Å². The van der Waals surface area contributed by atoms with E-state index in [2.05, 4.69) is 9.97 Å². The number of Topliss-reactive ketones (excluding diaryl/α,β-unsaturated/α-hetero) is 1. The van der Waals surface area contributed by atoms with E-state index in [4.69, 9.17) is 0 Å². The Kier molecular flexibility index (Phi) is 2.83. The van der Waals surface area contributed by atoms with Crippen LogP contribution in [0.1, 0.15) is 16.2 Å². The number of rotatable bonds is 3. The number of hydrogen-bond donors (Lipinski definition) is 0. The van der Waals surface area contributed by atoms with Crippen LogP contribution in [0.25, 0.3) is 0 Å². The molecule has 0 unspecified atom stereocenters. The minimum atomic E-state index is 0.0433. The van der Waals surface area contributed by atoms with Crippen LogP contribution in [0.2, 0.25) is 0 Å². The molecule has 0 aliphatic carbocycles. The van der Waals surface area contributed by atoms with Crippen LogP contribution in [0.4, 0.5) is 0 Å². The van der Waals surface area contributed by atoms with E-state index in [0.717, 1.165) is 0 Å². The number of nitrogens with zero attached hydrogens (tertiary/aromatic N) is 2. The third kappa shape index (κ3) is 2.47. The monoisotopic (exact) mass is 198 g/mol. The first kappa shape index (κ1) is 9.52. The number of ketones is 1. The van der Waals surface area contributed by atoms with Crippen molar-refractivity contribution in [2.45, 2.75) is 6.42 Å². The van der Waals surface area contributed by atoms with E-state index in [-0.39, 0.29) is 12.2 Å². The highest BCUT2D eigenvalue weighted by atomic mass is 16.1. The third-order valence-electron chi connectivity index (χ3n) is 2.03. The van der Waals surface area contributed by atoms with E-state index in [9.17, 15) is 4.79 Å². The molecular weight excluding hydrogens is 188 g/mol. The number of aromatic nitrogens is 2. The highest BCUT2D eigenvalue weighted by molar-refractivity contribution is 5.97. The maximum atomic E-state index is 11.7. The van der Waals surface area contributed by atoms with Gasteiger partial charge in [-0.25, -0.2) is 9.97 Å². The predicted octanol–water partition coefficient (Wildman–Crippen LogP) is 1.90. The van der Waals surface area contributed by atoms with E-state index in [0.29, 0.717) is 11.4 Å². The van der Waals surface area contributed by atoms with Crippen LogP contribution in [0.5, 0.6) is 0 Å². The topological polar surface area (TPSA) is 42.9 Å². The lowest BCUT2D eigenvalue weighted by atomic mass is 10.1. The molecule has 0 N–H and O–H groups in total. The maximum absolute atomic E-state index is 11.7. The van der Waals surface area contributed by atoms with E-state index < -0.39 is 0 Å². The van der Waals surface area contributed by atoms with Gasteiger partial charge < -0.3 is 0 Å². The Morgan fingerprint density at radius 1 is 1.00 bits per heavy atom. The van der Waals surface area contributed by atoms with Crippen molar-refractivity contribution in [1.82, 2.24) is 9.97 Å². The molecule has 0 bridgehead atoms. The summed E-state index contributed by atoms with van der Waals surface area (Å²) in [6.45, 7) is 0. The minimum absolute atomic E-state index is 0.0433. The fourth-order valence-corrected chi connectivity index (χ4v) is 1.29. The summed E-state index contributed by atoms with van der Waals surface area (Å²) in [6.07, 6.45) is 3.53. The van der Waals surface area contributed by atoms with E-state index in [1.54, 1.807) is 30.6 Å². The predicted molar refractivity (Wildman–Crippen MR) is 56.5 cm³/mol. The molecule has 0 saturated carbocycles. The van der Waals surface area contributed by atoms with Crippen LogP contribution in [0.15, 0.2) is 48.8 Å².